The number of methoxy groups -OCH3 is 2. The van der Waals surface area contributed by atoms with Gasteiger partial charge in [-0.25, -0.2) is 0 Å². The number of hydrogen-bond donors (Lipinski definition) is 2. The Hall–Kier alpha value is -1.08. The predicted octanol–water partition coefficient (Wildman–Crippen LogP) is -0.157. The molecule has 0 saturated carbocycles. The van der Waals surface area contributed by atoms with E-state index in [4.69, 9.17) is 9.47 Å². The molecular formula is C13H22BNO4. The molecule has 0 bridgehead atoms. The van der Waals surface area contributed by atoms with E-state index >= 15 is 0 Å². The SMILES string of the molecule is COCCCN(C)Cc1cc(OC)ccc1B(O)O. The highest BCUT2D eigenvalue weighted by molar-refractivity contribution is 6.59. The Kier molecular flexibility index (Phi) is 6.87. The van der Waals surface area contributed by atoms with E-state index in [9.17, 15) is 10.0 Å². The molecule has 1 rings (SSSR count). The van der Waals surface area contributed by atoms with Crippen molar-refractivity contribution in [2.75, 3.05) is 34.4 Å². The molecule has 0 aliphatic rings. The van der Waals surface area contributed by atoms with E-state index in [0.29, 0.717) is 17.8 Å². The summed E-state index contributed by atoms with van der Waals surface area (Å²) < 4.78 is 10.2. The van der Waals surface area contributed by atoms with Crippen LogP contribution in [0, 0.1) is 0 Å². The first-order valence-corrected chi connectivity index (χ1v) is 6.29. The van der Waals surface area contributed by atoms with E-state index in [2.05, 4.69) is 4.90 Å². The average molecular weight is 267 g/mol. The summed E-state index contributed by atoms with van der Waals surface area (Å²) >= 11 is 0. The highest BCUT2D eigenvalue weighted by Crippen LogP contribution is 2.13. The molecule has 0 heterocycles. The van der Waals surface area contributed by atoms with Crippen LogP contribution < -0.4 is 10.2 Å². The van der Waals surface area contributed by atoms with Gasteiger partial charge in [0, 0.05) is 26.8 Å². The van der Waals surface area contributed by atoms with Gasteiger partial charge in [0.1, 0.15) is 5.75 Å². The van der Waals surface area contributed by atoms with Crippen LogP contribution in [-0.2, 0) is 11.3 Å². The van der Waals surface area contributed by atoms with Gasteiger partial charge in [-0.2, -0.15) is 0 Å². The third kappa shape index (κ3) is 5.20. The average Bonchev–Trinajstić information content (AvgIpc) is 2.38. The summed E-state index contributed by atoms with van der Waals surface area (Å²) in [5.41, 5.74) is 1.37. The van der Waals surface area contributed by atoms with Gasteiger partial charge in [0.15, 0.2) is 0 Å². The van der Waals surface area contributed by atoms with Crippen molar-refractivity contribution < 1.29 is 19.5 Å². The third-order valence-corrected chi connectivity index (χ3v) is 2.96. The summed E-state index contributed by atoms with van der Waals surface area (Å²) in [6.07, 6.45) is 0.938. The van der Waals surface area contributed by atoms with Crippen molar-refractivity contribution >= 4 is 12.6 Å². The Bertz CT molecular complexity index is 387. The van der Waals surface area contributed by atoms with E-state index in [1.165, 1.54) is 0 Å². The molecule has 0 atom stereocenters. The molecule has 0 aliphatic carbocycles. The molecule has 0 fully saturated rings. The molecule has 0 aliphatic heterocycles. The Labute approximate surface area is 114 Å². The first kappa shape index (κ1) is 16.0. The minimum atomic E-state index is -1.46. The molecule has 1 aromatic rings. The van der Waals surface area contributed by atoms with Gasteiger partial charge in [0.2, 0.25) is 0 Å². The molecule has 2 N–H and O–H groups in total. The van der Waals surface area contributed by atoms with Gasteiger partial charge in [-0.1, -0.05) is 6.07 Å². The van der Waals surface area contributed by atoms with Gasteiger partial charge in [0.25, 0.3) is 0 Å². The highest BCUT2D eigenvalue weighted by Gasteiger charge is 2.17. The van der Waals surface area contributed by atoms with Gasteiger partial charge < -0.3 is 24.4 Å². The Balaban J connectivity index is 2.73. The summed E-state index contributed by atoms with van der Waals surface area (Å²) in [7, 11) is 3.80. The first-order chi connectivity index (χ1) is 9.08. The minimum absolute atomic E-state index is 0.513. The molecule has 0 aromatic heterocycles. The quantitative estimate of drug-likeness (QED) is 0.506. The Morgan fingerprint density at radius 1 is 1.26 bits per heavy atom. The van der Waals surface area contributed by atoms with E-state index in [1.54, 1.807) is 26.4 Å². The lowest BCUT2D eigenvalue weighted by Crippen LogP contribution is -2.35. The second-order valence-corrected chi connectivity index (χ2v) is 4.52. The lowest BCUT2D eigenvalue weighted by molar-refractivity contribution is 0.178. The highest BCUT2D eigenvalue weighted by atomic mass is 16.5. The smallest absolute Gasteiger partial charge is 0.488 e. The van der Waals surface area contributed by atoms with E-state index in [-0.39, 0.29) is 0 Å². The summed E-state index contributed by atoms with van der Waals surface area (Å²) in [6, 6.07) is 5.24. The molecule has 0 amide bonds. The predicted molar refractivity (Wildman–Crippen MR) is 75.6 cm³/mol. The minimum Gasteiger partial charge on any atom is -0.497 e. The monoisotopic (exact) mass is 267 g/mol. The Morgan fingerprint density at radius 2 is 2.00 bits per heavy atom. The van der Waals surface area contributed by atoms with E-state index < -0.39 is 7.12 Å². The molecule has 0 spiro atoms. The Morgan fingerprint density at radius 3 is 2.58 bits per heavy atom. The zero-order valence-corrected chi connectivity index (χ0v) is 11.8. The number of rotatable bonds is 8. The summed E-state index contributed by atoms with van der Waals surface area (Å²) in [6.45, 7) is 2.23. The largest absolute Gasteiger partial charge is 0.497 e. The summed E-state index contributed by atoms with van der Waals surface area (Å²) in [4.78, 5) is 2.11. The molecule has 0 saturated heterocycles. The van der Waals surface area contributed by atoms with Gasteiger partial charge in [0.05, 0.1) is 7.11 Å². The van der Waals surface area contributed by atoms with E-state index in [1.807, 2.05) is 13.1 Å². The van der Waals surface area contributed by atoms with Crippen LogP contribution in [0.3, 0.4) is 0 Å². The number of ether oxygens (including phenoxy) is 2. The van der Waals surface area contributed by atoms with Gasteiger partial charge in [-0.15, -0.1) is 0 Å². The van der Waals surface area contributed by atoms with Crippen LogP contribution in [0.1, 0.15) is 12.0 Å². The van der Waals surface area contributed by atoms with Crippen LogP contribution in [0.15, 0.2) is 18.2 Å². The van der Waals surface area contributed by atoms with Gasteiger partial charge >= 0.3 is 7.12 Å². The number of nitrogens with zero attached hydrogens (tertiary/aromatic N) is 1. The van der Waals surface area contributed by atoms with Crippen molar-refractivity contribution in [3.63, 3.8) is 0 Å². The van der Waals surface area contributed by atoms with Crippen molar-refractivity contribution in [3.8, 4) is 5.75 Å². The zero-order valence-electron chi connectivity index (χ0n) is 11.8. The van der Waals surface area contributed by atoms with Crippen LogP contribution in [0.4, 0.5) is 0 Å². The van der Waals surface area contributed by atoms with Crippen LogP contribution >= 0.6 is 0 Å². The van der Waals surface area contributed by atoms with Crippen LogP contribution in [0.5, 0.6) is 5.75 Å². The topological polar surface area (TPSA) is 62.2 Å². The number of hydrogen-bond acceptors (Lipinski definition) is 5. The van der Waals surface area contributed by atoms with Crippen molar-refractivity contribution in [2.45, 2.75) is 13.0 Å². The van der Waals surface area contributed by atoms with Crippen molar-refractivity contribution in [3.05, 3.63) is 23.8 Å². The van der Waals surface area contributed by atoms with Crippen LogP contribution in [-0.4, -0.2) is 56.5 Å². The fourth-order valence-corrected chi connectivity index (χ4v) is 1.95. The standard InChI is InChI=1S/C13H22BNO4/c1-15(7-4-8-18-2)10-11-9-12(19-3)5-6-13(11)14(16)17/h5-6,9,16-17H,4,7-8,10H2,1-3H3. The maximum atomic E-state index is 9.37. The van der Waals surface area contributed by atoms with Gasteiger partial charge in [-0.3, -0.25) is 0 Å². The molecule has 106 valence electrons. The zero-order chi connectivity index (χ0) is 14.3. The summed E-state index contributed by atoms with van der Waals surface area (Å²) in [5.74, 6) is 0.713. The molecule has 19 heavy (non-hydrogen) atoms. The maximum absolute atomic E-state index is 9.37. The molecule has 0 unspecified atom stereocenters. The molecule has 0 radical (unpaired) electrons. The van der Waals surface area contributed by atoms with Crippen molar-refractivity contribution in [1.29, 1.82) is 0 Å². The number of benzene rings is 1. The second-order valence-electron chi connectivity index (χ2n) is 4.52. The normalized spacial score (nSPS) is 10.8. The lowest BCUT2D eigenvalue weighted by Gasteiger charge is -2.19. The third-order valence-electron chi connectivity index (χ3n) is 2.96. The molecule has 6 heteroatoms. The molecule has 1 aromatic carbocycles. The molecule has 5 nitrogen and oxygen atoms in total. The van der Waals surface area contributed by atoms with Crippen LogP contribution in [0.2, 0.25) is 0 Å². The summed E-state index contributed by atoms with van der Waals surface area (Å²) in [5, 5.41) is 18.7. The fourth-order valence-electron chi connectivity index (χ4n) is 1.95. The van der Waals surface area contributed by atoms with E-state index in [0.717, 1.165) is 25.1 Å². The fraction of sp³-hybridized carbons (Fsp3) is 0.538. The van der Waals surface area contributed by atoms with Gasteiger partial charge in [-0.05, 0) is 36.6 Å². The van der Waals surface area contributed by atoms with Crippen molar-refractivity contribution in [1.82, 2.24) is 4.90 Å². The first-order valence-electron chi connectivity index (χ1n) is 6.29. The lowest BCUT2D eigenvalue weighted by atomic mass is 9.77. The second kappa shape index (κ2) is 8.17. The van der Waals surface area contributed by atoms with Crippen LogP contribution in [0.25, 0.3) is 0 Å². The maximum Gasteiger partial charge on any atom is 0.488 e. The van der Waals surface area contributed by atoms with Crippen molar-refractivity contribution in [2.24, 2.45) is 0 Å². The molecular weight excluding hydrogens is 245 g/mol.